The summed E-state index contributed by atoms with van der Waals surface area (Å²) < 4.78 is 6.95. The van der Waals surface area contributed by atoms with E-state index in [4.69, 9.17) is 4.74 Å². The van der Waals surface area contributed by atoms with Gasteiger partial charge in [-0.25, -0.2) is 4.79 Å². The van der Waals surface area contributed by atoms with E-state index in [9.17, 15) is 4.79 Å². The van der Waals surface area contributed by atoms with Gasteiger partial charge >= 0.3 is 6.09 Å². The van der Waals surface area contributed by atoms with E-state index in [2.05, 4.69) is 59.0 Å². The number of nitrogens with zero attached hydrogens (tertiary/aromatic N) is 3. The fraction of sp³-hybridized carbons (Fsp3) is 0.222. The molecule has 166 valence electrons. The van der Waals surface area contributed by atoms with Crippen LogP contribution >= 0.6 is 0 Å². The third-order valence-corrected chi connectivity index (χ3v) is 6.30. The Morgan fingerprint density at radius 3 is 2.24 bits per heavy atom. The normalized spacial score (nSPS) is 14.0. The SMILES string of the molecule is Cc1nnn(-c2ccc(-c3ccc(C4(C)CC4)cc3)cc2)c1NC(=O)OCc1ccccc1. The molecule has 1 aliphatic rings. The van der Waals surface area contributed by atoms with Gasteiger partial charge in [0.2, 0.25) is 0 Å². The summed E-state index contributed by atoms with van der Waals surface area (Å²) in [4.78, 5) is 12.4. The minimum absolute atomic E-state index is 0.194. The first-order valence-corrected chi connectivity index (χ1v) is 11.1. The van der Waals surface area contributed by atoms with Gasteiger partial charge < -0.3 is 4.74 Å². The smallest absolute Gasteiger partial charge is 0.413 e. The molecule has 4 aromatic rings. The van der Waals surface area contributed by atoms with Crippen LogP contribution in [0, 0.1) is 6.92 Å². The van der Waals surface area contributed by atoms with Crippen LogP contribution in [0.4, 0.5) is 10.6 Å². The summed E-state index contributed by atoms with van der Waals surface area (Å²) in [7, 11) is 0. The number of carbonyl (C=O) groups excluding carboxylic acids is 1. The van der Waals surface area contributed by atoms with Crippen molar-refractivity contribution in [3.63, 3.8) is 0 Å². The molecule has 1 saturated carbocycles. The van der Waals surface area contributed by atoms with E-state index in [1.165, 1.54) is 24.0 Å². The summed E-state index contributed by atoms with van der Waals surface area (Å²) in [6, 6.07) is 26.4. The van der Waals surface area contributed by atoms with E-state index < -0.39 is 6.09 Å². The first-order chi connectivity index (χ1) is 16.0. The Morgan fingerprint density at radius 2 is 1.61 bits per heavy atom. The average molecular weight is 439 g/mol. The minimum atomic E-state index is -0.549. The van der Waals surface area contributed by atoms with Crippen LogP contribution in [0.3, 0.4) is 0 Å². The molecule has 1 aliphatic carbocycles. The summed E-state index contributed by atoms with van der Waals surface area (Å²) in [6.07, 6.45) is 2.00. The van der Waals surface area contributed by atoms with Gasteiger partial charge in [-0.3, -0.25) is 5.32 Å². The van der Waals surface area contributed by atoms with E-state index >= 15 is 0 Å². The number of nitrogens with one attached hydrogen (secondary N) is 1. The van der Waals surface area contributed by atoms with Crippen molar-refractivity contribution in [3.8, 4) is 16.8 Å². The van der Waals surface area contributed by atoms with Gasteiger partial charge in [0, 0.05) is 0 Å². The first kappa shape index (κ1) is 20.9. The topological polar surface area (TPSA) is 69.0 Å². The Kier molecular flexibility index (Phi) is 5.42. The number of anilines is 1. The third-order valence-electron chi connectivity index (χ3n) is 6.30. The first-order valence-electron chi connectivity index (χ1n) is 11.1. The van der Waals surface area contributed by atoms with Crippen molar-refractivity contribution in [2.75, 3.05) is 5.32 Å². The van der Waals surface area contributed by atoms with Crippen molar-refractivity contribution in [2.24, 2.45) is 0 Å². The number of amides is 1. The zero-order valence-corrected chi connectivity index (χ0v) is 18.8. The highest BCUT2D eigenvalue weighted by Crippen LogP contribution is 2.47. The summed E-state index contributed by atoms with van der Waals surface area (Å²) in [5, 5.41) is 11.1. The predicted molar refractivity (Wildman–Crippen MR) is 128 cm³/mol. The monoisotopic (exact) mass is 438 g/mol. The molecule has 1 aromatic heterocycles. The van der Waals surface area contributed by atoms with Gasteiger partial charge in [-0.1, -0.05) is 78.9 Å². The average Bonchev–Trinajstić information content (AvgIpc) is 3.51. The van der Waals surface area contributed by atoms with Crippen LogP contribution in [0.2, 0.25) is 0 Å². The van der Waals surface area contributed by atoms with Gasteiger partial charge in [0.25, 0.3) is 0 Å². The number of hydrogen-bond donors (Lipinski definition) is 1. The molecule has 0 spiro atoms. The molecule has 0 bridgehead atoms. The lowest BCUT2D eigenvalue weighted by molar-refractivity contribution is 0.155. The van der Waals surface area contributed by atoms with Gasteiger partial charge in [-0.05, 0) is 59.6 Å². The zero-order chi connectivity index (χ0) is 22.8. The molecule has 6 heteroatoms. The maximum Gasteiger partial charge on any atom is 0.413 e. The van der Waals surface area contributed by atoms with Crippen LogP contribution in [0.5, 0.6) is 0 Å². The number of aryl methyl sites for hydroxylation is 1. The standard InChI is InChI=1S/C27H26N4O2/c1-19-25(28-26(32)33-18-20-6-4-3-5-7-20)31(30-29-19)24-14-10-22(11-15-24)21-8-12-23(13-9-21)27(2)16-17-27/h3-15H,16-18H2,1-2H3,(H,28,32). The molecule has 5 rings (SSSR count). The largest absolute Gasteiger partial charge is 0.444 e. The van der Waals surface area contributed by atoms with Crippen molar-refractivity contribution < 1.29 is 9.53 Å². The van der Waals surface area contributed by atoms with Crippen LogP contribution in [0.15, 0.2) is 78.9 Å². The second kappa shape index (κ2) is 8.54. The van der Waals surface area contributed by atoms with Gasteiger partial charge in [-0.15, -0.1) is 5.10 Å². The van der Waals surface area contributed by atoms with Crippen molar-refractivity contribution >= 4 is 11.9 Å². The van der Waals surface area contributed by atoms with Crippen LogP contribution in [0.25, 0.3) is 16.8 Å². The van der Waals surface area contributed by atoms with E-state index in [-0.39, 0.29) is 6.61 Å². The molecule has 0 saturated heterocycles. The number of ether oxygens (including phenoxy) is 1. The van der Waals surface area contributed by atoms with E-state index in [1.807, 2.05) is 42.5 Å². The molecule has 33 heavy (non-hydrogen) atoms. The molecule has 1 heterocycles. The summed E-state index contributed by atoms with van der Waals surface area (Å²) in [5.74, 6) is 0.489. The fourth-order valence-corrected chi connectivity index (χ4v) is 3.87. The molecule has 1 amide bonds. The Balaban J connectivity index is 1.29. The van der Waals surface area contributed by atoms with Crippen LogP contribution in [0.1, 0.15) is 36.6 Å². The Hall–Kier alpha value is -3.93. The highest BCUT2D eigenvalue weighted by molar-refractivity contribution is 5.84. The van der Waals surface area contributed by atoms with Crippen LogP contribution < -0.4 is 5.32 Å². The highest BCUT2D eigenvalue weighted by atomic mass is 16.5. The van der Waals surface area contributed by atoms with E-state index in [0.29, 0.717) is 16.9 Å². The molecule has 0 radical (unpaired) electrons. The maximum atomic E-state index is 12.4. The molecule has 1 fully saturated rings. The molecule has 6 nitrogen and oxygen atoms in total. The summed E-state index contributed by atoms with van der Waals surface area (Å²) in [5.41, 5.74) is 6.42. The Bertz CT molecular complexity index is 1260. The van der Waals surface area contributed by atoms with Crippen molar-refractivity contribution in [1.82, 2.24) is 15.0 Å². The highest BCUT2D eigenvalue weighted by Gasteiger charge is 2.38. The summed E-state index contributed by atoms with van der Waals surface area (Å²) >= 11 is 0. The van der Waals surface area contributed by atoms with Crippen molar-refractivity contribution in [2.45, 2.75) is 38.7 Å². The quantitative estimate of drug-likeness (QED) is 0.398. The lowest BCUT2D eigenvalue weighted by atomic mass is 9.95. The van der Waals surface area contributed by atoms with E-state index in [1.54, 1.807) is 11.6 Å². The number of aromatic nitrogens is 3. The zero-order valence-electron chi connectivity index (χ0n) is 18.8. The van der Waals surface area contributed by atoms with Gasteiger partial charge in [-0.2, -0.15) is 4.68 Å². The molecular weight excluding hydrogens is 412 g/mol. The third kappa shape index (κ3) is 4.51. The molecule has 1 N–H and O–H groups in total. The number of benzene rings is 3. The summed E-state index contributed by atoms with van der Waals surface area (Å²) in [6.45, 7) is 4.31. The second-order valence-corrected chi connectivity index (χ2v) is 8.81. The Labute approximate surface area is 193 Å². The van der Waals surface area contributed by atoms with Crippen LogP contribution in [-0.4, -0.2) is 21.1 Å². The van der Waals surface area contributed by atoms with Crippen molar-refractivity contribution in [1.29, 1.82) is 0 Å². The maximum absolute atomic E-state index is 12.4. The molecule has 3 aromatic carbocycles. The number of hydrogen-bond acceptors (Lipinski definition) is 4. The van der Waals surface area contributed by atoms with Crippen molar-refractivity contribution in [3.05, 3.63) is 95.7 Å². The predicted octanol–water partition coefficient (Wildman–Crippen LogP) is 6.04. The lowest BCUT2D eigenvalue weighted by Gasteiger charge is -2.11. The Morgan fingerprint density at radius 1 is 0.970 bits per heavy atom. The molecular formula is C27H26N4O2. The minimum Gasteiger partial charge on any atom is -0.444 e. The van der Waals surface area contributed by atoms with E-state index in [0.717, 1.165) is 16.8 Å². The molecule has 0 aliphatic heterocycles. The van der Waals surface area contributed by atoms with Gasteiger partial charge in [0.15, 0.2) is 5.82 Å². The molecule has 0 atom stereocenters. The fourth-order valence-electron chi connectivity index (χ4n) is 3.87. The van der Waals surface area contributed by atoms with Crippen LogP contribution in [-0.2, 0) is 16.8 Å². The second-order valence-electron chi connectivity index (χ2n) is 8.81. The number of rotatable bonds is 6. The lowest BCUT2D eigenvalue weighted by Crippen LogP contribution is -2.17. The number of carbonyl (C=O) groups is 1. The van der Waals surface area contributed by atoms with Gasteiger partial charge in [0.05, 0.1) is 5.69 Å². The molecule has 0 unspecified atom stereocenters. The van der Waals surface area contributed by atoms with Gasteiger partial charge in [0.1, 0.15) is 12.3 Å².